The van der Waals surface area contributed by atoms with Gasteiger partial charge >= 0.3 is 0 Å². The zero-order chi connectivity index (χ0) is 14.4. The maximum absolute atomic E-state index is 11.9. The Labute approximate surface area is 127 Å². The molecular weight excluding hydrogens is 316 g/mol. The molecule has 0 aromatic heterocycles. The molecule has 0 unspecified atom stereocenters. The van der Waals surface area contributed by atoms with Crippen molar-refractivity contribution in [3.8, 4) is 0 Å². The summed E-state index contributed by atoms with van der Waals surface area (Å²) in [4.78, 5) is 11.9. The fourth-order valence-electron chi connectivity index (χ4n) is 1.84. The van der Waals surface area contributed by atoms with Gasteiger partial charge in [0.1, 0.15) is 0 Å². The van der Waals surface area contributed by atoms with Gasteiger partial charge in [-0.05, 0) is 28.8 Å². The summed E-state index contributed by atoms with van der Waals surface area (Å²) in [5.41, 5.74) is 8.72. The van der Waals surface area contributed by atoms with Crippen LogP contribution in [-0.4, -0.2) is 5.91 Å². The van der Waals surface area contributed by atoms with Crippen LogP contribution >= 0.6 is 15.9 Å². The third kappa shape index (κ3) is 4.47. The summed E-state index contributed by atoms with van der Waals surface area (Å²) in [6, 6.07) is 15.7. The van der Waals surface area contributed by atoms with Gasteiger partial charge < -0.3 is 11.1 Å². The largest absolute Gasteiger partial charge is 0.352 e. The van der Waals surface area contributed by atoms with Crippen LogP contribution in [0.15, 0.2) is 53.0 Å². The van der Waals surface area contributed by atoms with Crippen molar-refractivity contribution in [1.82, 2.24) is 5.32 Å². The molecule has 2 aromatic carbocycles. The highest BCUT2D eigenvalue weighted by atomic mass is 79.9. The van der Waals surface area contributed by atoms with Crippen molar-refractivity contribution in [2.75, 3.05) is 0 Å². The van der Waals surface area contributed by atoms with E-state index in [4.69, 9.17) is 5.73 Å². The Kier molecular flexibility index (Phi) is 5.32. The molecule has 0 aliphatic carbocycles. The number of rotatable bonds is 5. The second-order valence-corrected chi connectivity index (χ2v) is 5.52. The predicted molar refractivity (Wildman–Crippen MR) is 84.0 cm³/mol. The van der Waals surface area contributed by atoms with Crippen LogP contribution < -0.4 is 11.1 Å². The molecule has 4 heteroatoms. The Morgan fingerprint density at radius 2 is 1.50 bits per heavy atom. The van der Waals surface area contributed by atoms with Crippen LogP contribution in [0.1, 0.15) is 16.7 Å². The van der Waals surface area contributed by atoms with E-state index in [1.165, 1.54) is 0 Å². The summed E-state index contributed by atoms with van der Waals surface area (Å²) in [5.74, 6) is 0.0234. The van der Waals surface area contributed by atoms with Crippen LogP contribution in [-0.2, 0) is 24.3 Å². The Bertz CT molecular complexity index is 564. The quantitative estimate of drug-likeness (QED) is 0.884. The molecular formula is C16H17BrN2O. The maximum Gasteiger partial charge on any atom is 0.224 e. The van der Waals surface area contributed by atoms with E-state index in [1.54, 1.807) is 0 Å². The Morgan fingerprint density at radius 1 is 0.950 bits per heavy atom. The fraction of sp³-hybridized carbons (Fsp3) is 0.188. The van der Waals surface area contributed by atoms with Gasteiger partial charge in [-0.25, -0.2) is 0 Å². The minimum Gasteiger partial charge on any atom is -0.352 e. The van der Waals surface area contributed by atoms with Gasteiger partial charge in [0.25, 0.3) is 0 Å². The van der Waals surface area contributed by atoms with Crippen molar-refractivity contribution in [1.29, 1.82) is 0 Å². The zero-order valence-corrected chi connectivity index (χ0v) is 12.7. The van der Waals surface area contributed by atoms with Crippen molar-refractivity contribution in [3.05, 3.63) is 69.7 Å². The molecule has 0 heterocycles. The average Bonchev–Trinajstić information content (AvgIpc) is 2.48. The normalized spacial score (nSPS) is 10.3. The van der Waals surface area contributed by atoms with Crippen LogP contribution in [0.4, 0.5) is 0 Å². The smallest absolute Gasteiger partial charge is 0.224 e. The van der Waals surface area contributed by atoms with Gasteiger partial charge in [0.2, 0.25) is 5.91 Å². The second-order valence-electron chi connectivity index (χ2n) is 4.60. The summed E-state index contributed by atoms with van der Waals surface area (Å²) in [6.45, 7) is 1.08. The van der Waals surface area contributed by atoms with E-state index in [1.807, 2.05) is 48.5 Å². The Hall–Kier alpha value is -1.65. The van der Waals surface area contributed by atoms with Crippen LogP contribution in [0.25, 0.3) is 0 Å². The van der Waals surface area contributed by atoms with Crippen LogP contribution in [0, 0.1) is 0 Å². The Morgan fingerprint density at radius 3 is 2.10 bits per heavy atom. The van der Waals surface area contributed by atoms with Crippen LogP contribution in [0.5, 0.6) is 0 Å². The molecule has 0 saturated carbocycles. The number of amides is 1. The van der Waals surface area contributed by atoms with Crippen LogP contribution in [0.2, 0.25) is 0 Å². The van der Waals surface area contributed by atoms with Crippen molar-refractivity contribution >= 4 is 21.8 Å². The van der Waals surface area contributed by atoms with E-state index in [0.717, 1.165) is 21.2 Å². The average molecular weight is 333 g/mol. The molecule has 20 heavy (non-hydrogen) atoms. The fourth-order valence-corrected chi connectivity index (χ4v) is 2.11. The van der Waals surface area contributed by atoms with Crippen molar-refractivity contribution in [2.24, 2.45) is 5.73 Å². The lowest BCUT2D eigenvalue weighted by Gasteiger charge is -2.06. The summed E-state index contributed by atoms with van der Waals surface area (Å²) < 4.78 is 1.02. The number of hydrogen-bond donors (Lipinski definition) is 2. The van der Waals surface area contributed by atoms with E-state index in [-0.39, 0.29) is 5.91 Å². The number of benzene rings is 2. The zero-order valence-electron chi connectivity index (χ0n) is 11.1. The molecule has 1 amide bonds. The molecule has 3 nitrogen and oxygen atoms in total. The van der Waals surface area contributed by atoms with E-state index in [9.17, 15) is 4.79 Å². The minimum absolute atomic E-state index is 0.0234. The minimum atomic E-state index is 0.0234. The lowest BCUT2D eigenvalue weighted by atomic mass is 10.1. The van der Waals surface area contributed by atoms with Gasteiger partial charge in [-0.1, -0.05) is 52.3 Å². The standard InChI is InChI=1S/C16H17BrN2O/c17-15-7-5-12(6-8-15)9-16(20)19-11-14-3-1-13(10-18)2-4-14/h1-8H,9-11,18H2,(H,19,20). The molecule has 0 bridgehead atoms. The molecule has 0 atom stereocenters. The van der Waals surface area contributed by atoms with E-state index in [2.05, 4.69) is 21.2 Å². The predicted octanol–water partition coefficient (Wildman–Crippen LogP) is 2.77. The first-order valence-corrected chi connectivity index (χ1v) is 7.25. The molecule has 0 aliphatic heterocycles. The van der Waals surface area contributed by atoms with E-state index in [0.29, 0.717) is 19.5 Å². The molecule has 2 rings (SSSR count). The molecule has 0 saturated heterocycles. The number of hydrogen-bond acceptors (Lipinski definition) is 2. The summed E-state index contributed by atoms with van der Waals surface area (Å²) >= 11 is 3.38. The highest BCUT2D eigenvalue weighted by Gasteiger charge is 2.03. The summed E-state index contributed by atoms with van der Waals surface area (Å²) in [5, 5.41) is 2.92. The molecule has 104 valence electrons. The van der Waals surface area contributed by atoms with Gasteiger partial charge in [-0.2, -0.15) is 0 Å². The van der Waals surface area contributed by atoms with E-state index < -0.39 is 0 Å². The van der Waals surface area contributed by atoms with Gasteiger partial charge in [0.05, 0.1) is 6.42 Å². The summed E-state index contributed by atoms with van der Waals surface area (Å²) in [6.07, 6.45) is 0.397. The lowest BCUT2D eigenvalue weighted by Crippen LogP contribution is -2.24. The van der Waals surface area contributed by atoms with E-state index >= 15 is 0 Å². The summed E-state index contributed by atoms with van der Waals surface area (Å²) in [7, 11) is 0. The topological polar surface area (TPSA) is 55.1 Å². The third-order valence-corrected chi connectivity index (χ3v) is 3.55. The molecule has 2 aromatic rings. The first-order chi connectivity index (χ1) is 9.67. The SMILES string of the molecule is NCc1ccc(CNC(=O)Cc2ccc(Br)cc2)cc1. The molecule has 0 fully saturated rings. The van der Waals surface area contributed by atoms with Crippen molar-refractivity contribution in [3.63, 3.8) is 0 Å². The number of nitrogens with two attached hydrogens (primary N) is 1. The second kappa shape index (κ2) is 7.22. The number of carbonyl (C=O) groups excluding carboxylic acids is 1. The molecule has 0 aliphatic rings. The van der Waals surface area contributed by atoms with Gasteiger partial charge in [0, 0.05) is 17.6 Å². The highest BCUT2D eigenvalue weighted by Crippen LogP contribution is 2.11. The molecule has 0 spiro atoms. The highest BCUT2D eigenvalue weighted by molar-refractivity contribution is 9.10. The van der Waals surface area contributed by atoms with Gasteiger partial charge in [0.15, 0.2) is 0 Å². The Balaban J connectivity index is 1.83. The number of nitrogens with one attached hydrogen (secondary N) is 1. The molecule has 3 N–H and O–H groups in total. The number of carbonyl (C=O) groups is 1. The van der Waals surface area contributed by atoms with Crippen molar-refractivity contribution in [2.45, 2.75) is 19.5 Å². The maximum atomic E-state index is 11.9. The van der Waals surface area contributed by atoms with Gasteiger partial charge in [-0.3, -0.25) is 4.79 Å². The first-order valence-electron chi connectivity index (χ1n) is 6.46. The first kappa shape index (κ1) is 14.8. The number of halogens is 1. The lowest BCUT2D eigenvalue weighted by molar-refractivity contribution is -0.120. The van der Waals surface area contributed by atoms with Crippen molar-refractivity contribution < 1.29 is 4.79 Å². The third-order valence-electron chi connectivity index (χ3n) is 3.03. The van der Waals surface area contributed by atoms with Gasteiger partial charge in [-0.15, -0.1) is 0 Å². The van der Waals surface area contributed by atoms with Crippen LogP contribution in [0.3, 0.4) is 0 Å². The monoisotopic (exact) mass is 332 g/mol. The molecule has 0 radical (unpaired) electrons.